The summed E-state index contributed by atoms with van der Waals surface area (Å²) in [5.74, 6) is -1.20. The van der Waals surface area contributed by atoms with E-state index in [1.54, 1.807) is 0 Å². The van der Waals surface area contributed by atoms with Gasteiger partial charge in [-0.15, -0.1) is 0 Å². The van der Waals surface area contributed by atoms with Crippen LogP contribution in [0.3, 0.4) is 0 Å². The van der Waals surface area contributed by atoms with E-state index in [4.69, 9.17) is 10.5 Å². The predicted molar refractivity (Wildman–Crippen MR) is 53.9 cm³/mol. The second kappa shape index (κ2) is 4.18. The number of alkyl halides is 3. The Morgan fingerprint density at radius 1 is 1.19 bits per heavy atom. The second-order valence-corrected chi connectivity index (χ2v) is 5.12. The molecule has 1 heterocycles. The summed E-state index contributed by atoms with van der Waals surface area (Å²) in [5, 5.41) is 0. The Morgan fingerprint density at radius 3 is 2.56 bits per heavy atom. The van der Waals surface area contributed by atoms with E-state index in [2.05, 4.69) is 0 Å². The average molecular weight is 237 g/mol. The molecular formula is C11H18F3NO. The molecule has 2 fully saturated rings. The maximum absolute atomic E-state index is 12.7. The van der Waals surface area contributed by atoms with Crippen LogP contribution in [0.2, 0.25) is 0 Å². The Bertz CT molecular complexity index is 252. The van der Waals surface area contributed by atoms with Crippen LogP contribution in [0.15, 0.2) is 0 Å². The molecule has 2 rings (SSSR count). The summed E-state index contributed by atoms with van der Waals surface area (Å²) in [7, 11) is 0. The van der Waals surface area contributed by atoms with Crippen molar-refractivity contribution in [2.24, 2.45) is 11.7 Å². The van der Waals surface area contributed by atoms with E-state index in [-0.39, 0.29) is 18.9 Å². The van der Waals surface area contributed by atoms with Gasteiger partial charge in [-0.3, -0.25) is 0 Å². The second-order valence-electron chi connectivity index (χ2n) is 5.12. The fraction of sp³-hybridized carbons (Fsp3) is 1.00. The lowest BCUT2D eigenvalue weighted by atomic mass is 9.73. The highest BCUT2D eigenvalue weighted by molar-refractivity contribution is 4.95. The predicted octanol–water partition coefficient (Wildman–Crippen LogP) is 2.62. The SMILES string of the molecule is NC1CCOC2(CCCC(C(F)(F)F)C2)C1. The number of nitrogens with two attached hydrogens (primary N) is 1. The zero-order chi connectivity index (χ0) is 11.8. The van der Waals surface area contributed by atoms with Gasteiger partial charge in [-0.05, 0) is 38.5 Å². The van der Waals surface area contributed by atoms with Crippen molar-refractivity contribution in [1.82, 2.24) is 0 Å². The van der Waals surface area contributed by atoms with Crippen molar-refractivity contribution in [3.05, 3.63) is 0 Å². The van der Waals surface area contributed by atoms with Crippen molar-refractivity contribution in [2.75, 3.05) is 6.61 Å². The molecule has 2 nitrogen and oxygen atoms in total. The van der Waals surface area contributed by atoms with Crippen molar-refractivity contribution in [1.29, 1.82) is 0 Å². The summed E-state index contributed by atoms with van der Waals surface area (Å²) in [5.41, 5.74) is 5.25. The molecule has 0 radical (unpaired) electrons. The topological polar surface area (TPSA) is 35.2 Å². The van der Waals surface area contributed by atoms with Gasteiger partial charge in [0.05, 0.1) is 11.5 Å². The minimum absolute atomic E-state index is 0.000679. The monoisotopic (exact) mass is 237 g/mol. The molecule has 16 heavy (non-hydrogen) atoms. The van der Waals surface area contributed by atoms with Crippen LogP contribution in [-0.4, -0.2) is 24.4 Å². The largest absolute Gasteiger partial charge is 0.391 e. The fourth-order valence-electron chi connectivity index (χ4n) is 2.99. The van der Waals surface area contributed by atoms with Gasteiger partial charge in [-0.1, -0.05) is 0 Å². The molecule has 0 amide bonds. The Hall–Kier alpha value is -0.290. The third kappa shape index (κ3) is 2.51. The lowest BCUT2D eigenvalue weighted by Gasteiger charge is -2.45. The first-order chi connectivity index (χ1) is 7.41. The van der Waals surface area contributed by atoms with Crippen LogP contribution in [0.5, 0.6) is 0 Å². The van der Waals surface area contributed by atoms with Crippen molar-refractivity contribution < 1.29 is 17.9 Å². The highest BCUT2D eigenvalue weighted by Gasteiger charge is 2.49. The summed E-state index contributed by atoms with van der Waals surface area (Å²) in [6.07, 6.45) is -1.07. The number of rotatable bonds is 0. The van der Waals surface area contributed by atoms with Crippen LogP contribution in [0.1, 0.15) is 38.5 Å². The summed E-state index contributed by atoms with van der Waals surface area (Å²) < 4.78 is 43.7. The summed E-state index contributed by atoms with van der Waals surface area (Å²) in [6.45, 7) is 0.506. The molecule has 5 heteroatoms. The van der Waals surface area contributed by atoms with Crippen molar-refractivity contribution in [2.45, 2.75) is 56.3 Å². The Labute approximate surface area is 93.3 Å². The third-order valence-corrected chi connectivity index (χ3v) is 3.80. The van der Waals surface area contributed by atoms with Gasteiger partial charge in [0.15, 0.2) is 0 Å². The Morgan fingerprint density at radius 2 is 1.94 bits per heavy atom. The van der Waals surface area contributed by atoms with E-state index in [9.17, 15) is 13.2 Å². The lowest BCUT2D eigenvalue weighted by Crippen LogP contribution is -2.49. The third-order valence-electron chi connectivity index (χ3n) is 3.80. The van der Waals surface area contributed by atoms with Gasteiger partial charge in [0.1, 0.15) is 0 Å². The molecule has 1 aliphatic carbocycles. The smallest absolute Gasteiger partial charge is 0.375 e. The standard InChI is InChI=1S/C11H18F3NO/c12-11(13,14)8-2-1-4-10(6-8)7-9(15)3-5-16-10/h8-9H,1-7,15H2. The Kier molecular flexibility index (Phi) is 3.18. The molecule has 1 saturated carbocycles. The maximum atomic E-state index is 12.7. The minimum atomic E-state index is -4.08. The highest BCUT2D eigenvalue weighted by atomic mass is 19.4. The van der Waals surface area contributed by atoms with Gasteiger partial charge < -0.3 is 10.5 Å². The molecular weight excluding hydrogens is 219 g/mol. The van der Waals surface area contributed by atoms with Crippen LogP contribution in [0, 0.1) is 5.92 Å². The average Bonchev–Trinajstić information content (AvgIpc) is 2.16. The van der Waals surface area contributed by atoms with Gasteiger partial charge >= 0.3 is 6.18 Å². The molecule has 0 bridgehead atoms. The number of halogens is 3. The van der Waals surface area contributed by atoms with Crippen LogP contribution < -0.4 is 5.73 Å². The first kappa shape index (κ1) is 12.2. The van der Waals surface area contributed by atoms with Gasteiger partial charge in [-0.25, -0.2) is 0 Å². The molecule has 0 aromatic heterocycles. The molecule has 1 aliphatic heterocycles. The first-order valence-electron chi connectivity index (χ1n) is 5.88. The van der Waals surface area contributed by atoms with Crippen LogP contribution >= 0.6 is 0 Å². The van der Waals surface area contributed by atoms with Crippen molar-refractivity contribution in [3.8, 4) is 0 Å². The molecule has 0 aromatic carbocycles. The summed E-state index contributed by atoms with van der Waals surface area (Å²) in [4.78, 5) is 0. The number of hydrogen-bond donors (Lipinski definition) is 1. The van der Waals surface area contributed by atoms with E-state index < -0.39 is 17.7 Å². The molecule has 0 aromatic rings. The molecule has 2 aliphatic rings. The normalized spacial score (nSPS) is 41.2. The summed E-state index contributed by atoms with van der Waals surface area (Å²) in [6, 6.07) is 0.000679. The van der Waals surface area contributed by atoms with Crippen molar-refractivity contribution in [3.63, 3.8) is 0 Å². The van der Waals surface area contributed by atoms with Gasteiger partial charge in [0.2, 0.25) is 0 Å². The quantitative estimate of drug-likeness (QED) is 0.703. The van der Waals surface area contributed by atoms with E-state index in [0.717, 1.165) is 12.8 Å². The van der Waals surface area contributed by atoms with E-state index in [1.807, 2.05) is 0 Å². The van der Waals surface area contributed by atoms with Crippen LogP contribution in [0.25, 0.3) is 0 Å². The van der Waals surface area contributed by atoms with Crippen LogP contribution in [-0.2, 0) is 4.74 Å². The fourth-order valence-corrected chi connectivity index (χ4v) is 2.99. The molecule has 1 spiro atoms. The van der Waals surface area contributed by atoms with E-state index >= 15 is 0 Å². The first-order valence-corrected chi connectivity index (χ1v) is 5.88. The molecule has 3 unspecified atom stereocenters. The maximum Gasteiger partial charge on any atom is 0.391 e. The molecule has 3 atom stereocenters. The zero-order valence-electron chi connectivity index (χ0n) is 9.22. The molecule has 94 valence electrons. The van der Waals surface area contributed by atoms with E-state index in [0.29, 0.717) is 19.4 Å². The Balaban J connectivity index is 2.05. The highest BCUT2D eigenvalue weighted by Crippen LogP contribution is 2.46. The molecule has 1 saturated heterocycles. The molecule has 2 N–H and O–H groups in total. The minimum Gasteiger partial charge on any atom is -0.375 e. The lowest BCUT2D eigenvalue weighted by molar-refractivity contribution is -0.213. The summed E-state index contributed by atoms with van der Waals surface area (Å²) >= 11 is 0. The van der Waals surface area contributed by atoms with Gasteiger partial charge in [0.25, 0.3) is 0 Å². The van der Waals surface area contributed by atoms with Crippen LogP contribution in [0.4, 0.5) is 13.2 Å². The number of hydrogen-bond acceptors (Lipinski definition) is 2. The van der Waals surface area contributed by atoms with Crippen molar-refractivity contribution >= 4 is 0 Å². The van der Waals surface area contributed by atoms with Gasteiger partial charge in [0, 0.05) is 12.6 Å². The van der Waals surface area contributed by atoms with E-state index in [1.165, 1.54) is 0 Å². The zero-order valence-corrected chi connectivity index (χ0v) is 9.22. The van der Waals surface area contributed by atoms with Gasteiger partial charge in [-0.2, -0.15) is 13.2 Å². The number of ether oxygens (including phenoxy) is 1.